The average Bonchev–Trinajstić information content (AvgIpc) is 3.12. The highest BCUT2D eigenvalue weighted by molar-refractivity contribution is 6.34. The third-order valence-electron chi connectivity index (χ3n) is 3.81. The first-order chi connectivity index (χ1) is 10.1. The normalized spacial score (nSPS) is 29.3. The standard InChI is InChI=1S/C16H14O5/c17-10-16-7-6-13(21-16)12(8-16)14(18)15(19)20-9-11-4-2-1-3-5-11/h1-7,10,12-13H,8-9H2/t12?,13?,16-/m0/s1. The van der Waals surface area contributed by atoms with E-state index >= 15 is 0 Å². The third-order valence-corrected chi connectivity index (χ3v) is 3.81. The maximum Gasteiger partial charge on any atom is 0.375 e. The van der Waals surface area contributed by atoms with Crippen LogP contribution >= 0.6 is 0 Å². The first-order valence-electron chi connectivity index (χ1n) is 6.72. The number of fused-ring (bicyclic) bond motifs is 2. The van der Waals surface area contributed by atoms with Crippen molar-refractivity contribution in [1.29, 1.82) is 0 Å². The van der Waals surface area contributed by atoms with Crippen LogP contribution < -0.4 is 0 Å². The van der Waals surface area contributed by atoms with Crippen molar-refractivity contribution in [2.24, 2.45) is 5.92 Å². The second kappa shape index (κ2) is 5.26. The van der Waals surface area contributed by atoms with Crippen LogP contribution in [0.25, 0.3) is 0 Å². The van der Waals surface area contributed by atoms with E-state index in [1.165, 1.54) is 0 Å². The Bertz CT molecular complexity index is 606. The molecule has 0 amide bonds. The molecule has 21 heavy (non-hydrogen) atoms. The van der Waals surface area contributed by atoms with E-state index in [0.717, 1.165) is 5.56 Å². The van der Waals surface area contributed by atoms with Crippen LogP contribution in [-0.2, 0) is 30.5 Å². The number of hydrogen-bond donors (Lipinski definition) is 0. The average molecular weight is 286 g/mol. The van der Waals surface area contributed by atoms with Gasteiger partial charge in [0, 0.05) is 6.42 Å². The molecule has 3 atom stereocenters. The Morgan fingerprint density at radius 2 is 2.10 bits per heavy atom. The molecule has 5 heteroatoms. The minimum atomic E-state index is -1.04. The topological polar surface area (TPSA) is 69.7 Å². The fraction of sp³-hybridized carbons (Fsp3) is 0.312. The van der Waals surface area contributed by atoms with Crippen molar-refractivity contribution in [2.75, 3.05) is 0 Å². The van der Waals surface area contributed by atoms with Crippen LogP contribution in [-0.4, -0.2) is 29.7 Å². The van der Waals surface area contributed by atoms with Crippen LogP contribution in [0.1, 0.15) is 12.0 Å². The van der Waals surface area contributed by atoms with Gasteiger partial charge in [0.05, 0.1) is 12.0 Å². The molecule has 2 unspecified atom stereocenters. The van der Waals surface area contributed by atoms with Crippen molar-refractivity contribution in [3.63, 3.8) is 0 Å². The predicted molar refractivity (Wildman–Crippen MR) is 72.2 cm³/mol. The molecule has 0 spiro atoms. The molecule has 2 bridgehead atoms. The van der Waals surface area contributed by atoms with Gasteiger partial charge in [-0.3, -0.25) is 9.59 Å². The molecular weight excluding hydrogens is 272 g/mol. The van der Waals surface area contributed by atoms with Gasteiger partial charge in [0.25, 0.3) is 0 Å². The molecule has 108 valence electrons. The van der Waals surface area contributed by atoms with Gasteiger partial charge in [-0.2, -0.15) is 0 Å². The van der Waals surface area contributed by atoms with E-state index in [9.17, 15) is 14.4 Å². The Labute approximate surface area is 121 Å². The van der Waals surface area contributed by atoms with Gasteiger partial charge < -0.3 is 9.47 Å². The van der Waals surface area contributed by atoms with Crippen molar-refractivity contribution in [3.05, 3.63) is 48.0 Å². The Morgan fingerprint density at radius 1 is 1.33 bits per heavy atom. The van der Waals surface area contributed by atoms with Crippen LogP contribution in [0.15, 0.2) is 42.5 Å². The van der Waals surface area contributed by atoms with Crippen LogP contribution in [0.5, 0.6) is 0 Å². The van der Waals surface area contributed by atoms with E-state index in [2.05, 4.69) is 0 Å². The van der Waals surface area contributed by atoms with Crippen molar-refractivity contribution in [1.82, 2.24) is 0 Å². The summed E-state index contributed by atoms with van der Waals surface area (Å²) in [6.45, 7) is 0.0539. The van der Waals surface area contributed by atoms with Gasteiger partial charge in [-0.05, 0) is 11.6 Å². The lowest BCUT2D eigenvalue weighted by atomic mass is 9.84. The summed E-state index contributed by atoms with van der Waals surface area (Å²) in [4.78, 5) is 35.0. The maximum absolute atomic E-state index is 12.1. The van der Waals surface area contributed by atoms with Crippen LogP contribution in [0.4, 0.5) is 0 Å². The van der Waals surface area contributed by atoms with Crippen LogP contribution in [0.2, 0.25) is 0 Å². The van der Waals surface area contributed by atoms with Crippen LogP contribution in [0.3, 0.4) is 0 Å². The number of ether oxygens (including phenoxy) is 2. The number of hydrogen-bond acceptors (Lipinski definition) is 5. The Balaban J connectivity index is 1.60. The second-order valence-corrected chi connectivity index (χ2v) is 5.25. The summed E-state index contributed by atoms with van der Waals surface area (Å²) in [6.07, 6.45) is 3.67. The molecule has 1 saturated heterocycles. The molecule has 0 saturated carbocycles. The lowest BCUT2D eigenvalue weighted by Crippen LogP contribution is -2.32. The largest absolute Gasteiger partial charge is 0.455 e. The van der Waals surface area contributed by atoms with Crippen molar-refractivity contribution in [3.8, 4) is 0 Å². The highest BCUT2D eigenvalue weighted by atomic mass is 16.5. The molecule has 2 aliphatic heterocycles. The summed E-state index contributed by atoms with van der Waals surface area (Å²) in [5, 5.41) is 0. The van der Waals surface area contributed by atoms with Gasteiger partial charge in [0.2, 0.25) is 5.78 Å². The first kappa shape index (κ1) is 13.7. The van der Waals surface area contributed by atoms with Crippen molar-refractivity contribution >= 4 is 18.0 Å². The third kappa shape index (κ3) is 2.52. The van der Waals surface area contributed by atoms with E-state index in [1.54, 1.807) is 12.2 Å². The Hall–Kier alpha value is -2.27. The quantitative estimate of drug-likeness (QED) is 0.352. The summed E-state index contributed by atoms with van der Waals surface area (Å²) >= 11 is 0. The lowest BCUT2D eigenvalue weighted by molar-refractivity contribution is -0.157. The van der Waals surface area contributed by atoms with Crippen molar-refractivity contribution < 1.29 is 23.9 Å². The number of esters is 1. The monoisotopic (exact) mass is 286 g/mol. The fourth-order valence-corrected chi connectivity index (χ4v) is 2.68. The molecule has 1 aromatic rings. The van der Waals surface area contributed by atoms with Gasteiger partial charge in [0.1, 0.15) is 12.2 Å². The molecular formula is C16H14O5. The zero-order chi connectivity index (χ0) is 14.9. The molecule has 5 nitrogen and oxygen atoms in total. The highest BCUT2D eigenvalue weighted by Gasteiger charge is 2.52. The number of rotatable bonds is 5. The van der Waals surface area contributed by atoms with Gasteiger partial charge in [-0.25, -0.2) is 4.79 Å². The SMILES string of the molecule is O=C[C@@]12C=CC(O1)C(C(=O)C(=O)OCc1ccccc1)C2. The summed E-state index contributed by atoms with van der Waals surface area (Å²) < 4.78 is 10.5. The molecule has 0 radical (unpaired) electrons. The van der Waals surface area contributed by atoms with Crippen LogP contribution in [0, 0.1) is 5.92 Å². The Morgan fingerprint density at radius 3 is 2.76 bits per heavy atom. The fourth-order valence-electron chi connectivity index (χ4n) is 2.68. The van der Waals surface area contributed by atoms with E-state index in [1.807, 2.05) is 30.3 Å². The number of ketones is 1. The summed E-state index contributed by atoms with van der Waals surface area (Å²) in [5.74, 6) is -2.15. The van der Waals surface area contributed by atoms with Gasteiger partial charge in [-0.1, -0.05) is 36.4 Å². The van der Waals surface area contributed by atoms with E-state index < -0.39 is 29.4 Å². The molecule has 0 N–H and O–H groups in total. The maximum atomic E-state index is 12.1. The molecule has 2 heterocycles. The molecule has 1 fully saturated rings. The zero-order valence-electron chi connectivity index (χ0n) is 11.2. The lowest BCUT2D eigenvalue weighted by Gasteiger charge is -2.15. The number of Topliss-reactive ketones (excluding diaryl/α,β-unsaturated/α-hetero) is 1. The highest BCUT2D eigenvalue weighted by Crippen LogP contribution is 2.41. The molecule has 3 rings (SSSR count). The minimum absolute atomic E-state index is 0.0539. The molecule has 0 aliphatic carbocycles. The molecule has 1 aromatic carbocycles. The predicted octanol–water partition coefficient (Wildman–Crippen LogP) is 1.21. The number of aldehydes is 1. The minimum Gasteiger partial charge on any atom is -0.455 e. The first-order valence-corrected chi connectivity index (χ1v) is 6.72. The number of carbonyl (C=O) groups is 3. The van der Waals surface area contributed by atoms with Gasteiger partial charge >= 0.3 is 5.97 Å². The second-order valence-electron chi connectivity index (χ2n) is 5.25. The van der Waals surface area contributed by atoms with E-state index in [-0.39, 0.29) is 13.0 Å². The molecule has 2 aliphatic rings. The van der Waals surface area contributed by atoms with Gasteiger partial charge in [0.15, 0.2) is 6.29 Å². The van der Waals surface area contributed by atoms with E-state index in [4.69, 9.17) is 9.47 Å². The van der Waals surface area contributed by atoms with Gasteiger partial charge in [-0.15, -0.1) is 0 Å². The smallest absolute Gasteiger partial charge is 0.375 e. The Kier molecular flexibility index (Phi) is 3.43. The summed E-state index contributed by atoms with van der Waals surface area (Å²) in [5.41, 5.74) is -0.225. The summed E-state index contributed by atoms with van der Waals surface area (Å²) in [7, 11) is 0. The van der Waals surface area contributed by atoms with E-state index in [0.29, 0.717) is 6.29 Å². The molecule has 0 aromatic heterocycles. The number of benzene rings is 1. The zero-order valence-corrected chi connectivity index (χ0v) is 11.2. The summed E-state index contributed by atoms with van der Waals surface area (Å²) in [6, 6.07) is 9.13. The number of carbonyl (C=O) groups excluding carboxylic acids is 3. The van der Waals surface area contributed by atoms with Crippen molar-refractivity contribution in [2.45, 2.75) is 24.7 Å².